The van der Waals surface area contributed by atoms with Crippen molar-refractivity contribution in [3.05, 3.63) is 131 Å². The van der Waals surface area contributed by atoms with Crippen LogP contribution in [0, 0.1) is 6.92 Å². The van der Waals surface area contributed by atoms with Crippen LogP contribution in [-0.4, -0.2) is 5.11 Å². The largest absolute Gasteiger partial charge is 0.352 e. The van der Waals surface area contributed by atoms with Crippen molar-refractivity contribution in [1.82, 2.24) is 5.32 Å². The van der Waals surface area contributed by atoms with Crippen molar-refractivity contribution in [2.24, 2.45) is 0 Å². The van der Waals surface area contributed by atoms with E-state index in [0.29, 0.717) is 5.11 Å². The molecule has 2 nitrogen and oxygen atoms in total. The standard InChI is InChI=1S/C28H26N2S2/c1-21-10-8-9-15-26(21)27(23-11-4-2-5-12-23)30-28(31)29-24-18-16-22(17-19-24)20-32-25-13-6-3-7-14-25/h2-19,27H,20H2,1H3,(H2,29,30,31)/t27-/m0/s1. The second-order valence-electron chi connectivity index (χ2n) is 7.60. The molecule has 160 valence electrons. The zero-order valence-electron chi connectivity index (χ0n) is 18.0. The first kappa shape index (κ1) is 22.1. The van der Waals surface area contributed by atoms with Gasteiger partial charge in [0.1, 0.15) is 0 Å². The van der Waals surface area contributed by atoms with Gasteiger partial charge in [-0.3, -0.25) is 0 Å². The van der Waals surface area contributed by atoms with E-state index in [-0.39, 0.29) is 6.04 Å². The highest BCUT2D eigenvalue weighted by Crippen LogP contribution is 2.26. The Kier molecular flexibility index (Phi) is 7.59. The van der Waals surface area contributed by atoms with Gasteiger partial charge < -0.3 is 10.6 Å². The Labute approximate surface area is 200 Å². The Morgan fingerprint density at radius 1 is 0.781 bits per heavy atom. The molecule has 0 spiro atoms. The molecule has 0 radical (unpaired) electrons. The van der Waals surface area contributed by atoms with Gasteiger partial charge in [-0.1, -0.05) is 84.9 Å². The minimum atomic E-state index is -0.0149. The molecule has 0 aliphatic heterocycles. The molecule has 1 atom stereocenters. The number of anilines is 1. The highest BCUT2D eigenvalue weighted by Gasteiger charge is 2.17. The summed E-state index contributed by atoms with van der Waals surface area (Å²) in [5.41, 5.74) is 5.89. The molecule has 4 rings (SSSR count). The van der Waals surface area contributed by atoms with E-state index in [2.05, 4.69) is 115 Å². The van der Waals surface area contributed by atoms with Gasteiger partial charge in [-0.15, -0.1) is 11.8 Å². The lowest BCUT2D eigenvalue weighted by Crippen LogP contribution is -2.33. The van der Waals surface area contributed by atoms with Crippen molar-refractivity contribution in [2.45, 2.75) is 23.6 Å². The molecule has 0 saturated carbocycles. The molecule has 0 bridgehead atoms. The van der Waals surface area contributed by atoms with Crippen LogP contribution >= 0.6 is 24.0 Å². The predicted octanol–water partition coefficient (Wildman–Crippen LogP) is 7.36. The molecule has 0 fully saturated rings. The number of thiocarbonyl (C=S) groups is 1. The summed E-state index contributed by atoms with van der Waals surface area (Å²) in [6, 6.07) is 37.8. The van der Waals surface area contributed by atoms with E-state index in [4.69, 9.17) is 12.2 Å². The number of nitrogens with one attached hydrogen (secondary N) is 2. The van der Waals surface area contributed by atoms with Gasteiger partial charge in [-0.25, -0.2) is 0 Å². The monoisotopic (exact) mass is 454 g/mol. The van der Waals surface area contributed by atoms with Gasteiger partial charge in [0.2, 0.25) is 0 Å². The van der Waals surface area contributed by atoms with Crippen LogP contribution in [0.5, 0.6) is 0 Å². The molecular formula is C28H26N2S2. The molecule has 0 aliphatic rings. The third-order valence-electron chi connectivity index (χ3n) is 5.27. The number of rotatable bonds is 7. The van der Waals surface area contributed by atoms with E-state index < -0.39 is 0 Å². The summed E-state index contributed by atoms with van der Waals surface area (Å²) < 4.78 is 0. The van der Waals surface area contributed by atoms with Crippen LogP contribution in [0.3, 0.4) is 0 Å². The van der Waals surface area contributed by atoms with E-state index in [1.165, 1.54) is 27.1 Å². The fourth-order valence-electron chi connectivity index (χ4n) is 3.56. The first-order valence-corrected chi connectivity index (χ1v) is 12.0. The lowest BCUT2D eigenvalue weighted by molar-refractivity contribution is 0.762. The first-order chi connectivity index (χ1) is 15.7. The summed E-state index contributed by atoms with van der Waals surface area (Å²) in [5.74, 6) is 0.941. The second kappa shape index (κ2) is 11.0. The zero-order valence-corrected chi connectivity index (χ0v) is 19.6. The topological polar surface area (TPSA) is 24.1 Å². The molecule has 32 heavy (non-hydrogen) atoms. The number of hydrogen-bond donors (Lipinski definition) is 2. The summed E-state index contributed by atoms with van der Waals surface area (Å²) in [6.07, 6.45) is 0. The van der Waals surface area contributed by atoms with Crippen LogP contribution in [0.15, 0.2) is 114 Å². The summed E-state index contributed by atoms with van der Waals surface area (Å²) in [7, 11) is 0. The molecule has 2 N–H and O–H groups in total. The van der Waals surface area contributed by atoms with Crippen LogP contribution < -0.4 is 10.6 Å². The smallest absolute Gasteiger partial charge is 0.171 e. The maximum atomic E-state index is 5.68. The molecule has 0 unspecified atom stereocenters. The average molecular weight is 455 g/mol. The quantitative estimate of drug-likeness (QED) is 0.225. The van der Waals surface area contributed by atoms with Crippen molar-refractivity contribution in [3.8, 4) is 0 Å². The molecule has 0 saturated heterocycles. The van der Waals surface area contributed by atoms with Crippen molar-refractivity contribution in [1.29, 1.82) is 0 Å². The van der Waals surface area contributed by atoms with E-state index >= 15 is 0 Å². The molecular weight excluding hydrogens is 428 g/mol. The Balaban J connectivity index is 1.41. The van der Waals surface area contributed by atoms with Crippen molar-refractivity contribution >= 4 is 34.8 Å². The number of aryl methyl sites for hydroxylation is 1. The minimum absolute atomic E-state index is 0.0149. The molecule has 0 heterocycles. The summed E-state index contributed by atoms with van der Waals surface area (Å²) >= 11 is 7.52. The van der Waals surface area contributed by atoms with Crippen molar-refractivity contribution in [2.75, 3.05) is 5.32 Å². The Bertz CT molecular complexity index is 1140. The number of hydrogen-bond acceptors (Lipinski definition) is 2. The Hall–Kier alpha value is -3.08. The Morgan fingerprint density at radius 3 is 2.09 bits per heavy atom. The maximum Gasteiger partial charge on any atom is 0.171 e. The average Bonchev–Trinajstić information content (AvgIpc) is 2.84. The van der Waals surface area contributed by atoms with Crippen LogP contribution in [0.1, 0.15) is 28.3 Å². The zero-order chi connectivity index (χ0) is 22.2. The molecule has 0 aliphatic carbocycles. The molecule has 0 aromatic heterocycles. The van der Waals surface area contributed by atoms with E-state index in [9.17, 15) is 0 Å². The summed E-state index contributed by atoms with van der Waals surface area (Å²) in [5, 5.41) is 7.47. The van der Waals surface area contributed by atoms with Gasteiger partial charge in [0.05, 0.1) is 6.04 Å². The van der Waals surface area contributed by atoms with Crippen molar-refractivity contribution in [3.63, 3.8) is 0 Å². The molecule has 0 amide bonds. The van der Waals surface area contributed by atoms with Crippen LogP contribution in [0.2, 0.25) is 0 Å². The normalized spacial score (nSPS) is 11.5. The van der Waals surface area contributed by atoms with E-state index in [0.717, 1.165) is 11.4 Å². The molecule has 4 aromatic rings. The number of thioether (sulfide) groups is 1. The second-order valence-corrected chi connectivity index (χ2v) is 9.05. The highest BCUT2D eigenvalue weighted by molar-refractivity contribution is 7.98. The minimum Gasteiger partial charge on any atom is -0.352 e. The highest BCUT2D eigenvalue weighted by atomic mass is 32.2. The summed E-state index contributed by atoms with van der Waals surface area (Å²) in [6.45, 7) is 2.13. The van der Waals surface area contributed by atoms with Crippen molar-refractivity contribution < 1.29 is 0 Å². The van der Waals surface area contributed by atoms with Crippen LogP contribution in [-0.2, 0) is 5.75 Å². The van der Waals surface area contributed by atoms with Crippen LogP contribution in [0.4, 0.5) is 5.69 Å². The van der Waals surface area contributed by atoms with Gasteiger partial charge in [0, 0.05) is 16.3 Å². The van der Waals surface area contributed by atoms with Gasteiger partial charge in [0.15, 0.2) is 5.11 Å². The van der Waals surface area contributed by atoms with E-state index in [1.807, 2.05) is 23.9 Å². The molecule has 4 aromatic carbocycles. The fourth-order valence-corrected chi connectivity index (χ4v) is 4.67. The fraction of sp³-hybridized carbons (Fsp3) is 0.107. The predicted molar refractivity (Wildman–Crippen MR) is 141 cm³/mol. The van der Waals surface area contributed by atoms with E-state index in [1.54, 1.807) is 0 Å². The van der Waals surface area contributed by atoms with Gasteiger partial charge in [-0.05, 0) is 65.7 Å². The lowest BCUT2D eigenvalue weighted by Gasteiger charge is -2.23. The molecule has 4 heteroatoms. The SMILES string of the molecule is Cc1ccccc1[C@@H](NC(=S)Nc1ccc(CSc2ccccc2)cc1)c1ccccc1. The van der Waals surface area contributed by atoms with Gasteiger partial charge in [0.25, 0.3) is 0 Å². The lowest BCUT2D eigenvalue weighted by atomic mass is 9.95. The maximum absolute atomic E-state index is 5.68. The van der Waals surface area contributed by atoms with Crippen LogP contribution in [0.25, 0.3) is 0 Å². The third-order valence-corrected chi connectivity index (χ3v) is 6.57. The first-order valence-electron chi connectivity index (χ1n) is 10.6. The number of benzene rings is 4. The third kappa shape index (κ3) is 6.00. The Morgan fingerprint density at radius 2 is 1.41 bits per heavy atom. The van der Waals surface area contributed by atoms with Gasteiger partial charge >= 0.3 is 0 Å². The van der Waals surface area contributed by atoms with Gasteiger partial charge in [-0.2, -0.15) is 0 Å². The summed E-state index contributed by atoms with van der Waals surface area (Å²) in [4.78, 5) is 1.28.